The Hall–Kier alpha value is -1.94. The molecule has 1 saturated carbocycles. The number of benzene rings is 1. The Morgan fingerprint density at radius 3 is 2.50 bits per heavy atom. The summed E-state index contributed by atoms with van der Waals surface area (Å²) < 4.78 is 33.0. The molecule has 3 rings (SSSR count). The molecule has 0 saturated heterocycles. The second-order valence-corrected chi connectivity index (χ2v) is 8.78. The number of ether oxygens (including phenoxy) is 1. The van der Waals surface area contributed by atoms with Gasteiger partial charge in [-0.3, -0.25) is 9.59 Å². The predicted octanol–water partition coefficient (Wildman–Crippen LogP) is 2.26. The molecule has 0 radical (unpaired) electrons. The van der Waals surface area contributed by atoms with Crippen molar-refractivity contribution >= 4 is 39.2 Å². The van der Waals surface area contributed by atoms with Gasteiger partial charge in [-0.2, -0.15) is 14.1 Å². The molecule has 150 valence electrons. The molecule has 1 heterocycles. The van der Waals surface area contributed by atoms with Crippen molar-refractivity contribution in [1.82, 2.24) is 14.1 Å². The van der Waals surface area contributed by atoms with E-state index in [1.165, 1.54) is 30.5 Å². The van der Waals surface area contributed by atoms with Gasteiger partial charge in [-0.25, -0.2) is 8.42 Å². The molecule has 0 N–H and O–H groups in total. The molecule has 1 aromatic carbocycles. The van der Waals surface area contributed by atoms with Gasteiger partial charge in [-0.1, -0.05) is 23.2 Å². The summed E-state index contributed by atoms with van der Waals surface area (Å²) in [6, 6.07) is 5.35. The number of sulfonamides is 1. The summed E-state index contributed by atoms with van der Waals surface area (Å²) >= 11 is 11.6. The van der Waals surface area contributed by atoms with Crippen molar-refractivity contribution in [2.75, 3.05) is 13.2 Å². The van der Waals surface area contributed by atoms with Crippen LogP contribution in [-0.2, 0) is 19.6 Å². The summed E-state index contributed by atoms with van der Waals surface area (Å²) in [5.74, 6) is -0.596. The van der Waals surface area contributed by atoms with Gasteiger partial charge in [-0.15, -0.1) is 0 Å². The zero-order valence-corrected chi connectivity index (χ0v) is 17.2. The van der Waals surface area contributed by atoms with E-state index < -0.39 is 21.6 Å². The van der Waals surface area contributed by atoms with E-state index in [9.17, 15) is 18.0 Å². The molecule has 1 fully saturated rings. The van der Waals surface area contributed by atoms with Crippen LogP contribution in [0.4, 0.5) is 0 Å². The molecule has 8 nitrogen and oxygen atoms in total. The lowest BCUT2D eigenvalue weighted by Gasteiger charge is -2.21. The number of esters is 1. The molecule has 11 heteroatoms. The Kier molecular flexibility index (Phi) is 6.09. The van der Waals surface area contributed by atoms with Crippen LogP contribution in [0.2, 0.25) is 10.0 Å². The summed E-state index contributed by atoms with van der Waals surface area (Å²) in [4.78, 5) is 24.0. The molecule has 0 bridgehead atoms. The quantitative estimate of drug-likeness (QED) is 0.606. The first-order valence-corrected chi connectivity index (χ1v) is 10.7. The van der Waals surface area contributed by atoms with Crippen LogP contribution in [0.1, 0.15) is 19.8 Å². The summed E-state index contributed by atoms with van der Waals surface area (Å²) in [6.07, 6.45) is 2.61. The molecule has 1 aromatic heterocycles. The van der Waals surface area contributed by atoms with Crippen LogP contribution in [0.5, 0.6) is 0 Å². The summed E-state index contributed by atoms with van der Waals surface area (Å²) in [5, 5.41) is 3.75. The minimum atomic E-state index is -3.90. The Morgan fingerprint density at radius 1 is 1.29 bits per heavy atom. The van der Waals surface area contributed by atoms with Gasteiger partial charge in [0.15, 0.2) is 0 Å². The molecule has 0 amide bonds. The van der Waals surface area contributed by atoms with Gasteiger partial charge in [0.25, 0.3) is 5.56 Å². The highest BCUT2D eigenvalue weighted by Gasteiger charge is 2.39. The number of carbonyl (C=O) groups is 1. The normalized spacial score (nSPS) is 14.3. The van der Waals surface area contributed by atoms with Crippen LogP contribution in [0.15, 0.2) is 40.2 Å². The van der Waals surface area contributed by atoms with Crippen LogP contribution in [0.25, 0.3) is 5.69 Å². The largest absolute Gasteiger partial charge is 0.465 e. The van der Waals surface area contributed by atoms with Crippen molar-refractivity contribution in [3.8, 4) is 5.69 Å². The fourth-order valence-electron chi connectivity index (χ4n) is 2.60. The van der Waals surface area contributed by atoms with Crippen molar-refractivity contribution in [2.45, 2.75) is 30.7 Å². The van der Waals surface area contributed by atoms with E-state index >= 15 is 0 Å². The van der Waals surface area contributed by atoms with Crippen molar-refractivity contribution in [3.63, 3.8) is 0 Å². The van der Waals surface area contributed by atoms with Gasteiger partial charge in [0.2, 0.25) is 10.0 Å². The summed E-state index contributed by atoms with van der Waals surface area (Å²) in [5.41, 5.74) is -0.294. The molecule has 1 aliphatic rings. The molecule has 2 aromatic rings. The third-order valence-corrected chi connectivity index (χ3v) is 6.77. The topological polar surface area (TPSA) is 98.6 Å². The van der Waals surface area contributed by atoms with Gasteiger partial charge < -0.3 is 4.74 Å². The van der Waals surface area contributed by atoms with E-state index in [4.69, 9.17) is 27.9 Å². The number of halogens is 2. The highest BCUT2D eigenvalue weighted by Crippen LogP contribution is 2.32. The number of hydrogen-bond donors (Lipinski definition) is 0. The molecular formula is C17H17Cl2N3O5S. The van der Waals surface area contributed by atoms with Crippen molar-refractivity contribution < 1.29 is 17.9 Å². The average molecular weight is 446 g/mol. The predicted molar refractivity (Wildman–Crippen MR) is 103 cm³/mol. The van der Waals surface area contributed by atoms with Crippen LogP contribution < -0.4 is 5.56 Å². The maximum Gasteiger partial charge on any atom is 0.321 e. The fourth-order valence-corrected chi connectivity index (χ4v) is 4.48. The van der Waals surface area contributed by atoms with E-state index in [1.54, 1.807) is 6.92 Å². The molecule has 0 spiro atoms. The number of carbonyl (C=O) groups excluding carboxylic acids is 1. The second kappa shape index (κ2) is 8.20. The molecule has 28 heavy (non-hydrogen) atoms. The van der Waals surface area contributed by atoms with Crippen LogP contribution in [-0.4, -0.2) is 47.7 Å². The minimum Gasteiger partial charge on any atom is -0.465 e. The van der Waals surface area contributed by atoms with E-state index in [1.807, 2.05) is 0 Å². The van der Waals surface area contributed by atoms with E-state index in [-0.39, 0.29) is 34.1 Å². The zero-order chi connectivity index (χ0) is 20.5. The van der Waals surface area contributed by atoms with Crippen LogP contribution >= 0.6 is 23.2 Å². The third kappa shape index (κ3) is 4.22. The first-order valence-electron chi connectivity index (χ1n) is 8.47. The monoisotopic (exact) mass is 445 g/mol. The standard InChI is InChI=1S/C17H17Cl2N3O5S/c1-2-27-15(23)10-21(11-3-4-11)28(25,26)13-7-5-12(6-8-13)22-17(24)16(19)14(18)9-20-22/h5-9,11H,2-4,10H2,1H3. The smallest absolute Gasteiger partial charge is 0.321 e. The SMILES string of the molecule is CCOC(=O)CN(C1CC1)S(=O)(=O)c1ccc(-n2ncc(Cl)c(Cl)c2=O)cc1. The summed E-state index contributed by atoms with van der Waals surface area (Å²) in [6.45, 7) is 1.50. The molecular weight excluding hydrogens is 429 g/mol. The van der Waals surface area contributed by atoms with Gasteiger partial charge in [0, 0.05) is 6.04 Å². The van der Waals surface area contributed by atoms with E-state index in [0.717, 1.165) is 8.99 Å². The fraction of sp³-hybridized carbons (Fsp3) is 0.353. The Balaban J connectivity index is 1.90. The van der Waals surface area contributed by atoms with Crippen LogP contribution in [0.3, 0.4) is 0 Å². The number of aromatic nitrogens is 2. The van der Waals surface area contributed by atoms with Crippen molar-refractivity contribution in [3.05, 3.63) is 50.9 Å². The van der Waals surface area contributed by atoms with Gasteiger partial charge in [0.1, 0.15) is 11.6 Å². The van der Waals surface area contributed by atoms with Crippen molar-refractivity contribution in [2.24, 2.45) is 0 Å². The van der Waals surface area contributed by atoms with Gasteiger partial charge >= 0.3 is 5.97 Å². The average Bonchev–Trinajstić information content (AvgIpc) is 3.49. The second-order valence-electron chi connectivity index (χ2n) is 6.10. The van der Waals surface area contributed by atoms with Gasteiger partial charge in [0.05, 0.1) is 28.4 Å². The highest BCUT2D eigenvalue weighted by molar-refractivity contribution is 7.89. The lowest BCUT2D eigenvalue weighted by Crippen LogP contribution is -2.38. The first kappa shape index (κ1) is 20.8. The zero-order valence-electron chi connectivity index (χ0n) is 14.8. The molecule has 0 aliphatic heterocycles. The Labute approximate surface area is 171 Å². The van der Waals surface area contributed by atoms with E-state index in [2.05, 4.69) is 5.10 Å². The Bertz CT molecular complexity index is 1050. The summed E-state index contributed by atoms with van der Waals surface area (Å²) in [7, 11) is -3.90. The minimum absolute atomic E-state index is 0.000517. The molecule has 1 aliphatic carbocycles. The highest BCUT2D eigenvalue weighted by atomic mass is 35.5. The number of rotatable bonds is 7. The number of nitrogens with zero attached hydrogens (tertiary/aromatic N) is 3. The lowest BCUT2D eigenvalue weighted by molar-refractivity contribution is -0.143. The number of hydrogen-bond acceptors (Lipinski definition) is 6. The molecule has 0 unspecified atom stereocenters. The Morgan fingerprint density at radius 2 is 1.93 bits per heavy atom. The molecule has 0 atom stereocenters. The maximum atomic E-state index is 13.0. The van der Waals surface area contributed by atoms with Gasteiger partial charge in [-0.05, 0) is 44.0 Å². The maximum absolute atomic E-state index is 13.0. The van der Waals surface area contributed by atoms with Crippen LogP contribution in [0, 0.1) is 0 Å². The van der Waals surface area contributed by atoms with Crippen molar-refractivity contribution in [1.29, 1.82) is 0 Å². The van der Waals surface area contributed by atoms with E-state index in [0.29, 0.717) is 18.5 Å². The third-order valence-electron chi connectivity index (χ3n) is 4.11. The lowest BCUT2D eigenvalue weighted by atomic mass is 10.3. The first-order chi connectivity index (χ1) is 13.3.